The number of Topliss-reactive ketones (excluding diaryl/α,β-unsaturated/α-hetero) is 2. The Morgan fingerprint density at radius 3 is 2.03 bits per heavy atom. The van der Waals surface area contributed by atoms with Crippen molar-refractivity contribution in [3.63, 3.8) is 0 Å². The van der Waals surface area contributed by atoms with Gasteiger partial charge in [0.2, 0.25) is 11.5 Å². The predicted octanol–water partition coefficient (Wildman–Crippen LogP) is 3.65. The van der Waals surface area contributed by atoms with Gasteiger partial charge in [0.25, 0.3) is 0 Å². The Morgan fingerprint density at radius 1 is 0.895 bits per heavy atom. The molecule has 1 unspecified atom stereocenters. The van der Waals surface area contributed by atoms with Crippen molar-refractivity contribution in [2.45, 2.75) is 19.1 Å². The van der Waals surface area contributed by atoms with Crippen LogP contribution in [-0.4, -0.2) is 54.8 Å². The normalized spacial score (nSPS) is 17.0. The van der Waals surface area contributed by atoms with Crippen LogP contribution in [-0.2, 0) is 14.3 Å². The lowest BCUT2D eigenvalue weighted by molar-refractivity contribution is -0.150. The van der Waals surface area contributed by atoms with Crippen LogP contribution in [0.15, 0.2) is 72.3 Å². The summed E-state index contributed by atoms with van der Waals surface area (Å²) in [6.45, 7) is 1.76. The van der Waals surface area contributed by atoms with E-state index in [4.69, 9.17) is 14.2 Å². The molecule has 0 radical (unpaired) electrons. The molecule has 0 aromatic heterocycles. The first-order valence-electron chi connectivity index (χ1n) is 11.7. The first-order chi connectivity index (χ1) is 18.1. The molecule has 1 aliphatic rings. The lowest BCUT2D eigenvalue weighted by atomic mass is 9.93. The number of nitrogens with zero attached hydrogens (tertiary/aromatic N) is 1. The van der Waals surface area contributed by atoms with Gasteiger partial charge in [0.05, 0.1) is 38.3 Å². The number of benzene rings is 3. The molecule has 4 rings (SSSR count). The van der Waals surface area contributed by atoms with E-state index >= 15 is 0 Å². The van der Waals surface area contributed by atoms with Crippen LogP contribution in [0.3, 0.4) is 0 Å². The molecule has 0 saturated carbocycles. The molecule has 0 fully saturated rings. The largest absolute Gasteiger partial charge is 0.506 e. The number of hydrogen-bond acceptors (Lipinski definition) is 9. The Hall–Kier alpha value is -4.63. The van der Waals surface area contributed by atoms with Crippen molar-refractivity contribution in [3.05, 3.63) is 89.0 Å². The number of hydrogen-bond donors (Lipinski definition) is 2. The van der Waals surface area contributed by atoms with Gasteiger partial charge in [0, 0.05) is 5.56 Å². The van der Waals surface area contributed by atoms with E-state index in [2.05, 4.69) is 0 Å². The second-order valence-electron chi connectivity index (χ2n) is 8.74. The second kappa shape index (κ2) is 10.4. The number of esters is 1. The zero-order valence-electron chi connectivity index (χ0n) is 21.3. The van der Waals surface area contributed by atoms with Crippen LogP contribution in [0, 0.1) is 6.92 Å². The molecule has 1 aliphatic heterocycles. The van der Waals surface area contributed by atoms with Gasteiger partial charge in [-0.1, -0.05) is 6.07 Å². The van der Waals surface area contributed by atoms with Gasteiger partial charge >= 0.3 is 5.97 Å². The SMILES string of the molecule is COC(=O)CC1(O)C(=O)C(C(=O)c2ccc(OC)cc2)=C(c2ccc(OC)cc2)N1c1cc(C)ccc1O. The van der Waals surface area contributed by atoms with Crippen LogP contribution in [0.5, 0.6) is 17.2 Å². The van der Waals surface area contributed by atoms with Crippen molar-refractivity contribution >= 4 is 28.9 Å². The number of aromatic hydroxyl groups is 1. The predicted molar refractivity (Wildman–Crippen MR) is 139 cm³/mol. The Kier molecular flexibility index (Phi) is 7.23. The van der Waals surface area contributed by atoms with Crippen molar-refractivity contribution in [1.82, 2.24) is 0 Å². The smallest absolute Gasteiger partial charge is 0.310 e. The Morgan fingerprint density at radius 2 is 1.47 bits per heavy atom. The molecule has 2 N–H and O–H groups in total. The number of methoxy groups -OCH3 is 3. The minimum absolute atomic E-state index is 0.0192. The third-order valence-corrected chi connectivity index (χ3v) is 6.35. The monoisotopic (exact) mass is 517 g/mol. The molecule has 196 valence electrons. The van der Waals surface area contributed by atoms with E-state index in [9.17, 15) is 24.6 Å². The summed E-state index contributed by atoms with van der Waals surface area (Å²) in [4.78, 5) is 41.4. The van der Waals surface area contributed by atoms with Gasteiger partial charge in [-0.15, -0.1) is 0 Å². The van der Waals surface area contributed by atoms with Crippen molar-refractivity contribution in [3.8, 4) is 17.2 Å². The highest BCUT2D eigenvalue weighted by atomic mass is 16.5. The molecule has 3 aromatic rings. The highest BCUT2D eigenvalue weighted by molar-refractivity contribution is 6.37. The molecular weight excluding hydrogens is 490 g/mol. The maximum atomic E-state index is 14.0. The van der Waals surface area contributed by atoms with Crippen molar-refractivity contribution in [2.24, 2.45) is 0 Å². The average molecular weight is 518 g/mol. The minimum Gasteiger partial charge on any atom is -0.506 e. The van der Waals surface area contributed by atoms with Crippen LogP contribution < -0.4 is 14.4 Å². The number of ketones is 2. The zero-order valence-corrected chi connectivity index (χ0v) is 21.3. The zero-order chi connectivity index (χ0) is 27.6. The second-order valence-corrected chi connectivity index (χ2v) is 8.74. The van der Waals surface area contributed by atoms with E-state index in [0.717, 1.165) is 12.0 Å². The van der Waals surface area contributed by atoms with Gasteiger partial charge in [-0.3, -0.25) is 14.4 Å². The molecule has 0 amide bonds. The van der Waals surface area contributed by atoms with Gasteiger partial charge < -0.3 is 29.3 Å². The Balaban J connectivity index is 2.04. The fourth-order valence-electron chi connectivity index (χ4n) is 4.39. The lowest BCUT2D eigenvalue weighted by Gasteiger charge is -2.35. The summed E-state index contributed by atoms with van der Waals surface area (Å²) in [7, 11) is 4.11. The minimum atomic E-state index is -2.56. The molecule has 1 heterocycles. The number of ether oxygens (including phenoxy) is 3. The highest BCUT2D eigenvalue weighted by Crippen LogP contribution is 2.48. The van der Waals surface area contributed by atoms with E-state index in [1.54, 1.807) is 55.5 Å². The summed E-state index contributed by atoms with van der Waals surface area (Å²) in [5.41, 5.74) is -1.62. The molecule has 3 aromatic carbocycles. The summed E-state index contributed by atoms with van der Waals surface area (Å²) in [6, 6.07) is 17.3. The van der Waals surface area contributed by atoms with E-state index in [0.29, 0.717) is 22.6 Å². The summed E-state index contributed by atoms with van der Waals surface area (Å²) in [5, 5.41) is 22.7. The van der Waals surface area contributed by atoms with Gasteiger partial charge in [-0.2, -0.15) is 0 Å². The lowest BCUT2D eigenvalue weighted by Crippen LogP contribution is -2.51. The third kappa shape index (κ3) is 4.59. The summed E-state index contributed by atoms with van der Waals surface area (Å²) >= 11 is 0. The molecule has 0 saturated heterocycles. The third-order valence-electron chi connectivity index (χ3n) is 6.35. The summed E-state index contributed by atoms with van der Waals surface area (Å²) in [6.07, 6.45) is -0.797. The highest BCUT2D eigenvalue weighted by Gasteiger charge is 2.56. The van der Waals surface area contributed by atoms with Gasteiger partial charge in [0.1, 0.15) is 23.7 Å². The maximum absolute atomic E-state index is 14.0. The topological polar surface area (TPSA) is 123 Å². The standard InChI is InChI=1S/C29H27NO8/c1-17-5-14-23(31)22(15-17)30-26(18-6-10-20(36-2)11-7-18)25(28(34)29(30,35)16-24(32)38-4)27(33)19-8-12-21(37-3)13-9-19/h5-15,31,35H,16H2,1-4H3. The van der Waals surface area contributed by atoms with Crippen LogP contribution in [0.1, 0.15) is 27.9 Å². The number of anilines is 1. The van der Waals surface area contributed by atoms with Crippen molar-refractivity contribution in [1.29, 1.82) is 0 Å². The average Bonchev–Trinajstić information content (AvgIpc) is 3.15. The number of phenolic OH excluding ortho intramolecular Hbond substituents is 1. The molecule has 1 atom stereocenters. The van der Waals surface area contributed by atoms with Crippen LogP contribution >= 0.6 is 0 Å². The van der Waals surface area contributed by atoms with E-state index in [1.165, 1.54) is 32.4 Å². The number of aryl methyl sites for hydroxylation is 1. The Labute approximate surface area is 219 Å². The van der Waals surface area contributed by atoms with Crippen molar-refractivity contribution in [2.75, 3.05) is 26.2 Å². The first-order valence-corrected chi connectivity index (χ1v) is 11.7. The van der Waals surface area contributed by atoms with Crippen LogP contribution in [0.2, 0.25) is 0 Å². The maximum Gasteiger partial charge on any atom is 0.310 e. The van der Waals surface area contributed by atoms with Crippen LogP contribution in [0.4, 0.5) is 5.69 Å². The first kappa shape index (κ1) is 26.4. The van der Waals surface area contributed by atoms with Gasteiger partial charge in [-0.05, 0) is 78.7 Å². The number of rotatable bonds is 8. The number of carbonyl (C=O) groups excluding carboxylic acids is 3. The van der Waals surface area contributed by atoms with Gasteiger partial charge in [-0.25, -0.2) is 0 Å². The van der Waals surface area contributed by atoms with E-state index in [-0.39, 0.29) is 28.3 Å². The molecule has 0 aliphatic carbocycles. The number of carbonyl (C=O) groups is 3. The molecular formula is C29H27NO8. The summed E-state index contributed by atoms with van der Waals surface area (Å²) < 4.78 is 15.2. The molecule has 0 bridgehead atoms. The summed E-state index contributed by atoms with van der Waals surface area (Å²) in [5.74, 6) is -1.80. The Bertz CT molecular complexity index is 1430. The quantitative estimate of drug-likeness (QED) is 0.262. The van der Waals surface area contributed by atoms with Crippen molar-refractivity contribution < 1.29 is 38.8 Å². The number of phenols is 1. The molecule has 9 nitrogen and oxygen atoms in total. The van der Waals surface area contributed by atoms with Crippen LogP contribution in [0.25, 0.3) is 5.70 Å². The molecule has 38 heavy (non-hydrogen) atoms. The molecule has 0 spiro atoms. The van der Waals surface area contributed by atoms with E-state index < -0.39 is 29.7 Å². The fraction of sp³-hybridized carbons (Fsp3) is 0.207. The van der Waals surface area contributed by atoms with Gasteiger partial charge in [0.15, 0.2) is 5.78 Å². The molecule has 9 heteroatoms. The number of aliphatic hydroxyl groups is 1. The fourth-order valence-corrected chi connectivity index (χ4v) is 4.39. The van der Waals surface area contributed by atoms with E-state index in [1.807, 2.05) is 0 Å².